The van der Waals surface area contributed by atoms with E-state index in [0.717, 1.165) is 22.4 Å². The summed E-state index contributed by atoms with van der Waals surface area (Å²) >= 11 is 6.06. The van der Waals surface area contributed by atoms with Crippen molar-refractivity contribution < 1.29 is 4.74 Å². The lowest BCUT2D eigenvalue weighted by atomic mass is 10.0. The Hall–Kier alpha value is -1.58. The first kappa shape index (κ1) is 13.8. The largest absolute Gasteiger partial charge is 0.489 e. The van der Waals surface area contributed by atoms with Gasteiger partial charge >= 0.3 is 0 Å². The molecule has 1 aromatic heterocycles. The molecule has 0 atom stereocenters. The van der Waals surface area contributed by atoms with Gasteiger partial charge in [-0.15, -0.1) is 0 Å². The molecule has 1 heterocycles. The zero-order valence-corrected chi connectivity index (χ0v) is 11.8. The van der Waals surface area contributed by atoms with Crippen LogP contribution in [-0.2, 0) is 6.54 Å². The summed E-state index contributed by atoms with van der Waals surface area (Å²) in [6.07, 6.45) is 3.64. The summed E-state index contributed by atoms with van der Waals surface area (Å²) in [5.41, 5.74) is 8.62. The molecule has 3 nitrogen and oxygen atoms in total. The van der Waals surface area contributed by atoms with E-state index < -0.39 is 0 Å². The van der Waals surface area contributed by atoms with E-state index in [1.54, 1.807) is 12.4 Å². The summed E-state index contributed by atoms with van der Waals surface area (Å²) in [7, 11) is 0. The number of nitrogens with two attached hydrogens (primary N) is 1. The smallest absolute Gasteiger partial charge is 0.138 e. The van der Waals surface area contributed by atoms with E-state index in [-0.39, 0.29) is 6.10 Å². The Morgan fingerprint density at radius 3 is 2.68 bits per heavy atom. The molecule has 2 N–H and O–H groups in total. The van der Waals surface area contributed by atoms with Crippen LogP contribution in [0.4, 0.5) is 0 Å². The van der Waals surface area contributed by atoms with Crippen molar-refractivity contribution in [3.05, 3.63) is 47.2 Å². The third kappa shape index (κ3) is 3.46. The van der Waals surface area contributed by atoms with E-state index >= 15 is 0 Å². The number of ether oxygens (including phenoxy) is 1. The summed E-state index contributed by atoms with van der Waals surface area (Å²) in [4.78, 5) is 4.20. The second kappa shape index (κ2) is 6.04. The van der Waals surface area contributed by atoms with Gasteiger partial charge in [-0.1, -0.05) is 17.7 Å². The highest BCUT2D eigenvalue weighted by molar-refractivity contribution is 6.31. The fourth-order valence-corrected chi connectivity index (χ4v) is 2.02. The van der Waals surface area contributed by atoms with Gasteiger partial charge < -0.3 is 10.5 Å². The maximum atomic E-state index is 6.06. The minimum absolute atomic E-state index is 0.127. The fourth-order valence-electron chi connectivity index (χ4n) is 1.82. The Kier molecular flexibility index (Phi) is 4.40. The normalized spacial score (nSPS) is 10.8. The number of aromatic nitrogens is 1. The number of nitrogens with zero attached hydrogens (tertiary/aromatic N) is 1. The number of rotatable bonds is 4. The van der Waals surface area contributed by atoms with Crippen LogP contribution in [0.15, 0.2) is 36.7 Å². The van der Waals surface area contributed by atoms with Crippen molar-refractivity contribution in [3.8, 4) is 16.9 Å². The van der Waals surface area contributed by atoms with Crippen LogP contribution < -0.4 is 10.5 Å². The van der Waals surface area contributed by atoms with Crippen LogP contribution in [0.3, 0.4) is 0 Å². The quantitative estimate of drug-likeness (QED) is 0.927. The lowest BCUT2D eigenvalue weighted by Gasteiger charge is -2.11. The molecule has 0 saturated heterocycles. The Morgan fingerprint density at radius 2 is 2.00 bits per heavy atom. The summed E-state index contributed by atoms with van der Waals surface area (Å²) in [6.45, 7) is 4.39. The number of pyridine rings is 1. The van der Waals surface area contributed by atoms with Crippen LogP contribution in [0.2, 0.25) is 5.02 Å². The van der Waals surface area contributed by atoms with E-state index in [1.807, 2.05) is 38.1 Å². The van der Waals surface area contributed by atoms with Gasteiger partial charge in [0.2, 0.25) is 0 Å². The van der Waals surface area contributed by atoms with Crippen LogP contribution in [0.25, 0.3) is 11.1 Å². The topological polar surface area (TPSA) is 48.1 Å². The molecule has 0 aliphatic rings. The Morgan fingerprint density at radius 1 is 1.21 bits per heavy atom. The number of hydrogen-bond acceptors (Lipinski definition) is 3. The summed E-state index contributed by atoms with van der Waals surface area (Å²) < 4.78 is 5.64. The Bertz CT molecular complexity index is 570. The first-order valence-corrected chi connectivity index (χ1v) is 6.58. The molecule has 0 bridgehead atoms. The molecule has 0 saturated carbocycles. The highest BCUT2D eigenvalue weighted by atomic mass is 35.5. The summed E-state index contributed by atoms with van der Waals surface area (Å²) in [5.74, 6) is 0.761. The van der Waals surface area contributed by atoms with Crippen molar-refractivity contribution in [2.45, 2.75) is 26.5 Å². The molecule has 2 rings (SSSR count). The lowest BCUT2D eigenvalue weighted by molar-refractivity contribution is 0.241. The van der Waals surface area contributed by atoms with Crippen LogP contribution in [0, 0.1) is 0 Å². The molecule has 0 unspecified atom stereocenters. The molecule has 0 amide bonds. The molecule has 19 heavy (non-hydrogen) atoms. The number of hydrogen-bond donors (Lipinski definition) is 1. The van der Waals surface area contributed by atoms with E-state index in [2.05, 4.69) is 4.98 Å². The standard InChI is InChI=1S/C15H17ClN2O/c1-10(2)19-14-6-13(8-18-9-14)11-3-4-15(16)12(5-11)7-17/h3-6,8-10H,7,17H2,1-2H3. The van der Waals surface area contributed by atoms with Gasteiger partial charge in [-0.25, -0.2) is 0 Å². The second-order valence-electron chi connectivity index (χ2n) is 4.59. The summed E-state index contributed by atoms with van der Waals surface area (Å²) in [5, 5.41) is 0.689. The van der Waals surface area contributed by atoms with Crippen molar-refractivity contribution >= 4 is 11.6 Å². The Balaban J connectivity index is 2.36. The minimum Gasteiger partial charge on any atom is -0.489 e. The first-order valence-electron chi connectivity index (χ1n) is 6.20. The minimum atomic E-state index is 0.127. The number of benzene rings is 1. The van der Waals surface area contributed by atoms with E-state index in [1.165, 1.54) is 0 Å². The maximum absolute atomic E-state index is 6.06. The van der Waals surface area contributed by atoms with Crippen LogP contribution in [-0.4, -0.2) is 11.1 Å². The van der Waals surface area contributed by atoms with E-state index in [9.17, 15) is 0 Å². The van der Waals surface area contributed by atoms with Gasteiger partial charge in [0.1, 0.15) is 5.75 Å². The van der Waals surface area contributed by atoms with Crippen LogP contribution in [0.1, 0.15) is 19.4 Å². The zero-order chi connectivity index (χ0) is 13.8. The molecule has 0 radical (unpaired) electrons. The molecular formula is C15H17ClN2O. The SMILES string of the molecule is CC(C)Oc1cncc(-c2ccc(Cl)c(CN)c2)c1. The summed E-state index contributed by atoms with van der Waals surface area (Å²) in [6, 6.07) is 7.77. The molecule has 2 aromatic rings. The molecular weight excluding hydrogens is 260 g/mol. The average Bonchev–Trinajstić information content (AvgIpc) is 2.39. The van der Waals surface area contributed by atoms with Crippen LogP contribution in [0.5, 0.6) is 5.75 Å². The zero-order valence-electron chi connectivity index (χ0n) is 11.1. The van der Waals surface area contributed by atoms with E-state index in [0.29, 0.717) is 11.6 Å². The molecule has 4 heteroatoms. The van der Waals surface area contributed by atoms with Crippen molar-refractivity contribution in [2.24, 2.45) is 5.73 Å². The average molecular weight is 277 g/mol. The van der Waals surface area contributed by atoms with Gasteiger partial charge in [-0.05, 0) is 43.2 Å². The maximum Gasteiger partial charge on any atom is 0.138 e. The molecule has 0 aliphatic carbocycles. The monoisotopic (exact) mass is 276 g/mol. The fraction of sp³-hybridized carbons (Fsp3) is 0.267. The van der Waals surface area contributed by atoms with Gasteiger partial charge in [0.15, 0.2) is 0 Å². The predicted molar refractivity (Wildman–Crippen MR) is 78.3 cm³/mol. The molecule has 0 aliphatic heterocycles. The van der Waals surface area contributed by atoms with E-state index in [4.69, 9.17) is 22.1 Å². The second-order valence-corrected chi connectivity index (χ2v) is 4.99. The van der Waals surface area contributed by atoms with Crippen molar-refractivity contribution in [3.63, 3.8) is 0 Å². The molecule has 1 aromatic carbocycles. The third-order valence-electron chi connectivity index (χ3n) is 2.68. The lowest BCUT2D eigenvalue weighted by Crippen LogP contribution is -2.05. The van der Waals surface area contributed by atoms with Crippen molar-refractivity contribution in [1.82, 2.24) is 4.98 Å². The first-order chi connectivity index (χ1) is 9.10. The highest BCUT2D eigenvalue weighted by Crippen LogP contribution is 2.27. The van der Waals surface area contributed by atoms with Crippen molar-refractivity contribution in [2.75, 3.05) is 0 Å². The van der Waals surface area contributed by atoms with Crippen molar-refractivity contribution in [1.29, 1.82) is 0 Å². The van der Waals surface area contributed by atoms with Crippen LogP contribution >= 0.6 is 11.6 Å². The van der Waals surface area contributed by atoms with Gasteiger partial charge in [0.05, 0.1) is 12.3 Å². The Labute approximate surface area is 118 Å². The highest BCUT2D eigenvalue weighted by Gasteiger charge is 2.05. The predicted octanol–water partition coefficient (Wildman–Crippen LogP) is 3.65. The van der Waals surface area contributed by atoms with Gasteiger partial charge in [-0.3, -0.25) is 4.98 Å². The van der Waals surface area contributed by atoms with Gasteiger partial charge in [0.25, 0.3) is 0 Å². The van der Waals surface area contributed by atoms with Gasteiger partial charge in [-0.2, -0.15) is 0 Å². The number of halogens is 1. The molecule has 100 valence electrons. The molecule has 0 fully saturated rings. The third-order valence-corrected chi connectivity index (χ3v) is 3.05. The molecule has 0 spiro atoms. The van der Waals surface area contributed by atoms with Gasteiger partial charge in [0, 0.05) is 23.3 Å².